The summed E-state index contributed by atoms with van der Waals surface area (Å²) in [6, 6.07) is -1.24. The number of carbonyl (C=O) groups is 1. The third kappa shape index (κ3) is 34.2. The maximum absolute atomic E-state index is 13.1. The molecule has 402 valence electrons. The lowest BCUT2D eigenvalue weighted by Crippen LogP contribution is -2.64. The van der Waals surface area contributed by atoms with Gasteiger partial charge in [0, 0.05) is 0 Å². The number of hydrogen-bond acceptors (Lipinski definition) is 11. The molecule has 9 N–H and O–H groups in total. The van der Waals surface area contributed by atoms with Crippen molar-refractivity contribution in [2.45, 2.75) is 306 Å². The van der Waals surface area contributed by atoms with Crippen LogP contribution in [0.25, 0.3) is 0 Å². The van der Waals surface area contributed by atoms with Crippen molar-refractivity contribution in [1.82, 2.24) is 5.32 Å². The molecule has 1 amide bonds. The molecule has 8 unspecified atom stereocenters. The van der Waals surface area contributed by atoms with Crippen LogP contribution in [0.4, 0.5) is 0 Å². The molecule has 0 aromatic carbocycles. The fraction of sp³-hybridized carbons (Fsp3) is 0.907. The zero-order chi connectivity index (χ0) is 50.1. The second-order valence-electron chi connectivity index (χ2n) is 20.0. The summed E-state index contributed by atoms with van der Waals surface area (Å²) in [5.41, 5.74) is 0. The summed E-state index contributed by atoms with van der Waals surface area (Å²) in [6.45, 7) is 3.78. The third-order valence-corrected chi connectivity index (χ3v) is 14.5. The van der Waals surface area contributed by atoms with Crippen LogP contribution in [0.3, 0.4) is 0 Å². The van der Waals surface area contributed by atoms with E-state index in [1.165, 1.54) is 160 Å². The molecule has 1 aliphatic rings. The molecule has 0 bridgehead atoms. The first-order valence-electron chi connectivity index (χ1n) is 27.9. The Bertz CT molecular complexity index is 1260. The van der Waals surface area contributed by atoms with Gasteiger partial charge in [0.05, 0.1) is 31.3 Å². The van der Waals surface area contributed by atoms with Crippen molar-refractivity contribution in [3.8, 4) is 0 Å². The summed E-state index contributed by atoms with van der Waals surface area (Å²) < 4.78 is 23.0. The lowest BCUT2D eigenvalue weighted by atomic mass is 9.85. The van der Waals surface area contributed by atoms with Gasteiger partial charge in [0.2, 0.25) is 5.91 Å². The molecule has 68 heavy (non-hydrogen) atoms. The molecule has 0 saturated heterocycles. The minimum absolute atomic E-state index is 0.248. The molecule has 0 heterocycles. The topological polar surface area (TPSA) is 226 Å². The molecule has 14 heteroatoms. The fourth-order valence-corrected chi connectivity index (χ4v) is 9.97. The minimum Gasteiger partial charge on any atom is -0.393 e. The van der Waals surface area contributed by atoms with Crippen molar-refractivity contribution >= 4 is 13.7 Å². The van der Waals surface area contributed by atoms with Gasteiger partial charge in [0.25, 0.3) is 0 Å². The first-order chi connectivity index (χ1) is 32.8. The average Bonchev–Trinajstić information content (AvgIpc) is 3.31. The molecule has 0 aliphatic heterocycles. The molecule has 0 aromatic heterocycles. The van der Waals surface area contributed by atoms with Crippen LogP contribution in [0.1, 0.15) is 251 Å². The molecule has 1 aliphatic carbocycles. The van der Waals surface area contributed by atoms with Gasteiger partial charge in [-0.15, -0.1) is 0 Å². The van der Waals surface area contributed by atoms with Gasteiger partial charge in [-0.1, -0.05) is 224 Å². The number of unbranched alkanes of at least 4 members (excludes halogenated alkanes) is 32. The number of nitrogens with one attached hydrogen (secondary N) is 1. The number of phosphoric ester groups is 1. The fourth-order valence-electron chi connectivity index (χ4n) is 9.00. The number of hydrogen-bond donors (Lipinski definition) is 9. The Balaban J connectivity index is 2.45. The van der Waals surface area contributed by atoms with Crippen molar-refractivity contribution in [1.29, 1.82) is 0 Å². The van der Waals surface area contributed by atoms with Crippen LogP contribution >= 0.6 is 7.82 Å². The van der Waals surface area contributed by atoms with E-state index in [0.717, 1.165) is 64.2 Å². The molecule has 0 aromatic rings. The van der Waals surface area contributed by atoms with Gasteiger partial charge in [0.1, 0.15) is 36.6 Å². The van der Waals surface area contributed by atoms with Gasteiger partial charge in [-0.2, -0.15) is 0 Å². The van der Waals surface area contributed by atoms with Crippen LogP contribution in [-0.4, -0.2) is 108 Å². The highest BCUT2D eigenvalue weighted by Gasteiger charge is 2.51. The summed E-state index contributed by atoms with van der Waals surface area (Å²) in [4.78, 5) is 23.6. The van der Waals surface area contributed by atoms with Crippen LogP contribution in [0.2, 0.25) is 0 Å². The lowest BCUT2D eigenvalue weighted by molar-refractivity contribution is -0.220. The Morgan fingerprint density at radius 3 is 1.25 bits per heavy atom. The zero-order valence-corrected chi connectivity index (χ0v) is 43.9. The first kappa shape index (κ1) is 64.8. The molecule has 1 fully saturated rings. The average molecular weight is 990 g/mol. The maximum atomic E-state index is 13.1. The molecule has 0 spiro atoms. The number of aliphatic hydroxyl groups is 7. The molecule has 13 nitrogen and oxygen atoms in total. The van der Waals surface area contributed by atoms with E-state index >= 15 is 0 Å². The lowest BCUT2D eigenvalue weighted by Gasteiger charge is -2.41. The number of aliphatic hydroxyl groups excluding tert-OH is 7. The standard InChI is InChI=1S/C54H104NO12P/c1-3-5-7-9-11-13-15-17-19-21-23-24-26-28-30-32-34-36-38-40-42-47(57)46(44-66-68(64,65)67-54-52(62)50(60)49(59)51(61)53(54)63)55-48(58)43-45(56)41-39-37-35-33-31-29-27-25-22-20-18-16-14-12-10-8-6-4-2/h25,27,40,42,45-47,49-54,56-57,59-63H,3-24,26,28-39,41,43-44H2,1-2H3,(H,55,58)(H,64,65)/b27-25-,42-40+. The monoisotopic (exact) mass is 990 g/mol. The molecular weight excluding hydrogens is 886 g/mol. The Labute approximate surface area is 414 Å². The maximum Gasteiger partial charge on any atom is 0.472 e. The van der Waals surface area contributed by atoms with Crippen molar-refractivity contribution in [2.24, 2.45) is 0 Å². The Hall–Kier alpha value is -1.22. The van der Waals surface area contributed by atoms with Crippen molar-refractivity contribution in [3.63, 3.8) is 0 Å². The summed E-state index contributed by atoms with van der Waals surface area (Å²) in [5.74, 6) is -0.594. The van der Waals surface area contributed by atoms with E-state index in [4.69, 9.17) is 9.05 Å². The van der Waals surface area contributed by atoms with Gasteiger partial charge in [-0.3, -0.25) is 13.8 Å². The van der Waals surface area contributed by atoms with Crippen LogP contribution in [0.5, 0.6) is 0 Å². The van der Waals surface area contributed by atoms with Crippen molar-refractivity contribution < 1.29 is 59.0 Å². The number of allylic oxidation sites excluding steroid dienone is 3. The van der Waals surface area contributed by atoms with E-state index in [1.54, 1.807) is 6.08 Å². The SMILES string of the molecule is CCCCCCCCCCC/C=C\CCCCCCCC(O)CC(=O)NC(COP(=O)(O)OC1C(O)C(O)C(O)C(O)C1O)C(O)/C=C/CCCCCCCCCCCCCCCCCCCC. The smallest absolute Gasteiger partial charge is 0.393 e. The van der Waals surface area contributed by atoms with Crippen LogP contribution in [-0.2, 0) is 18.4 Å². The summed E-state index contributed by atoms with van der Waals surface area (Å²) in [5, 5.41) is 74.8. The molecule has 1 rings (SSSR count). The minimum atomic E-state index is -5.15. The third-order valence-electron chi connectivity index (χ3n) is 13.5. The van der Waals surface area contributed by atoms with Crippen molar-refractivity contribution in [3.05, 3.63) is 24.3 Å². The Kier molecular flexibility index (Phi) is 41.3. The van der Waals surface area contributed by atoms with Crippen LogP contribution in [0, 0.1) is 0 Å². The second kappa shape index (κ2) is 43.4. The van der Waals surface area contributed by atoms with E-state index in [-0.39, 0.29) is 6.42 Å². The number of amides is 1. The summed E-state index contributed by atoms with van der Waals surface area (Å²) in [6.07, 6.45) is 36.8. The highest BCUT2D eigenvalue weighted by atomic mass is 31.2. The predicted octanol–water partition coefficient (Wildman–Crippen LogP) is 11.1. The van der Waals surface area contributed by atoms with E-state index in [2.05, 4.69) is 31.3 Å². The highest BCUT2D eigenvalue weighted by Crippen LogP contribution is 2.47. The summed E-state index contributed by atoms with van der Waals surface area (Å²) >= 11 is 0. The normalized spacial score (nSPS) is 22.2. The summed E-state index contributed by atoms with van der Waals surface area (Å²) in [7, 11) is -5.15. The molecular formula is C54H104NO12P. The number of rotatable bonds is 47. The van der Waals surface area contributed by atoms with Gasteiger partial charge in [-0.25, -0.2) is 4.57 Å². The van der Waals surface area contributed by atoms with Gasteiger partial charge >= 0.3 is 7.82 Å². The first-order valence-corrected chi connectivity index (χ1v) is 29.4. The highest BCUT2D eigenvalue weighted by molar-refractivity contribution is 7.47. The van der Waals surface area contributed by atoms with Gasteiger partial charge in [-0.05, 0) is 44.9 Å². The Morgan fingerprint density at radius 1 is 0.515 bits per heavy atom. The van der Waals surface area contributed by atoms with Crippen molar-refractivity contribution in [2.75, 3.05) is 6.61 Å². The molecule has 0 radical (unpaired) electrons. The molecule has 8 atom stereocenters. The van der Waals surface area contributed by atoms with E-state index in [1.807, 2.05) is 0 Å². The van der Waals surface area contributed by atoms with E-state index in [9.17, 15) is 50.0 Å². The zero-order valence-electron chi connectivity index (χ0n) is 43.0. The van der Waals surface area contributed by atoms with E-state index in [0.29, 0.717) is 12.8 Å². The van der Waals surface area contributed by atoms with Gasteiger partial charge in [0.15, 0.2) is 0 Å². The second-order valence-corrected chi connectivity index (χ2v) is 21.4. The number of carbonyl (C=O) groups excluding carboxylic acids is 1. The quantitative estimate of drug-likeness (QED) is 0.0158. The number of phosphoric acid groups is 1. The van der Waals surface area contributed by atoms with Crippen LogP contribution < -0.4 is 5.32 Å². The molecule has 1 saturated carbocycles. The van der Waals surface area contributed by atoms with Crippen LogP contribution in [0.15, 0.2) is 24.3 Å². The Morgan fingerprint density at radius 2 is 0.853 bits per heavy atom. The largest absolute Gasteiger partial charge is 0.472 e. The van der Waals surface area contributed by atoms with E-state index < -0.39 is 75.2 Å². The predicted molar refractivity (Wildman–Crippen MR) is 275 cm³/mol. The van der Waals surface area contributed by atoms with Gasteiger partial charge < -0.3 is 46.0 Å².